The first-order valence-corrected chi connectivity index (χ1v) is 8.92. The number of hydrogen-bond acceptors (Lipinski definition) is 5. The van der Waals surface area contributed by atoms with Crippen molar-refractivity contribution >= 4 is 17.6 Å². The number of anilines is 1. The molecule has 0 heterocycles. The van der Waals surface area contributed by atoms with Gasteiger partial charge in [0, 0.05) is 18.2 Å². The second-order valence-electron chi connectivity index (χ2n) is 6.27. The van der Waals surface area contributed by atoms with Gasteiger partial charge in [0.2, 0.25) is 5.91 Å². The van der Waals surface area contributed by atoms with Crippen molar-refractivity contribution in [3.8, 4) is 5.75 Å². The van der Waals surface area contributed by atoms with Crippen LogP contribution in [0.2, 0.25) is 0 Å². The first-order chi connectivity index (χ1) is 13.0. The van der Waals surface area contributed by atoms with Crippen molar-refractivity contribution < 1.29 is 19.1 Å². The smallest absolute Gasteiger partial charge is 0.305 e. The fourth-order valence-corrected chi connectivity index (χ4v) is 2.53. The normalized spacial score (nSPS) is 12.7. The van der Waals surface area contributed by atoms with Gasteiger partial charge in [-0.25, -0.2) is 0 Å². The zero-order chi connectivity index (χ0) is 19.6. The maximum Gasteiger partial charge on any atom is 0.305 e. The first kappa shape index (κ1) is 20.5. The standard InChI is InChI=1S/C21H26N2O4/c1-15(20(22)16-7-4-3-5-8-16)21(25)23-17-10-12-18(13-11-17)27-14-6-9-19(24)26-2/h3-5,7-8,10-13,15,20H,6,9,14,22H2,1-2H3,(H,23,25). The van der Waals surface area contributed by atoms with Gasteiger partial charge >= 0.3 is 5.97 Å². The van der Waals surface area contributed by atoms with Crippen LogP contribution < -0.4 is 15.8 Å². The highest BCUT2D eigenvalue weighted by molar-refractivity contribution is 5.92. The lowest BCUT2D eigenvalue weighted by Crippen LogP contribution is -2.30. The van der Waals surface area contributed by atoms with Gasteiger partial charge in [-0.1, -0.05) is 37.3 Å². The average molecular weight is 370 g/mol. The predicted molar refractivity (Wildman–Crippen MR) is 104 cm³/mol. The number of carbonyl (C=O) groups is 2. The number of amides is 1. The second-order valence-corrected chi connectivity index (χ2v) is 6.27. The van der Waals surface area contributed by atoms with Crippen LogP contribution in [0.25, 0.3) is 0 Å². The van der Waals surface area contributed by atoms with Gasteiger partial charge in [0.1, 0.15) is 5.75 Å². The molecule has 2 rings (SSSR count). The lowest BCUT2D eigenvalue weighted by atomic mass is 9.94. The Bertz CT molecular complexity index is 732. The highest BCUT2D eigenvalue weighted by atomic mass is 16.5. The summed E-state index contributed by atoms with van der Waals surface area (Å²) >= 11 is 0. The highest BCUT2D eigenvalue weighted by Gasteiger charge is 2.22. The minimum atomic E-state index is -0.373. The summed E-state index contributed by atoms with van der Waals surface area (Å²) in [6, 6.07) is 16.3. The number of methoxy groups -OCH3 is 1. The van der Waals surface area contributed by atoms with Gasteiger partial charge in [-0.05, 0) is 36.2 Å². The number of esters is 1. The number of hydrogen-bond donors (Lipinski definition) is 2. The van der Waals surface area contributed by atoms with Crippen LogP contribution in [0.4, 0.5) is 5.69 Å². The van der Waals surface area contributed by atoms with Gasteiger partial charge in [-0.3, -0.25) is 9.59 Å². The van der Waals surface area contributed by atoms with Crippen molar-refractivity contribution in [1.82, 2.24) is 0 Å². The molecule has 6 heteroatoms. The molecule has 0 aliphatic carbocycles. The number of ether oxygens (including phenoxy) is 2. The maximum absolute atomic E-state index is 12.4. The molecule has 0 bridgehead atoms. The summed E-state index contributed by atoms with van der Waals surface area (Å²) in [6.45, 7) is 2.23. The number of nitrogens with one attached hydrogen (secondary N) is 1. The third-order valence-corrected chi connectivity index (χ3v) is 4.28. The van der Waals surface area contributed by atoms with Crippen molar-refractivity contribution in [1.29, 1.82) is 0 Å². The minimum Gasteiger partial charge on any atom is -0.494 e. The topological polar surface area (TPSA) is 90.6 Å². The van der Waals surface area contributed by atoms with E-state index in [1.54, 1.807) is 24.3 Å². The highest BCUT2D eigenvalue weighted by Crippen LogP contribution is 2.22. The summed E-state index contributed by atoms with van der Waals surface area (Å²) in [4.78, 5) is 23.5. The summed E-state index contributed by atoms with van der Waals surface area (Å²) in [6.07, 6.45) is 0.907. The van der Waals surface area contributed by atoms with E-state index in [-0.39, 0.29) is 23.8 Å². The van der Waals surface area contributed by atoms with Gasteiger partial charge in [-0.2, -0.15) is 0 Å². The van der Waals surface area contributed by atoms with Crippen LogP contribution in [-0.2, 0) is 14.3 Å². The molecule has 6 nitrogen and oxygen atoms in total. The van der Waals surface area contributed by atoms with Crippen molar-refractivity contribution in [2.75, 3.05) is 19.0 Å². The molecule has 2 aromatic rings. The Morgan fingerprint density at radius 2 is 1.74 bits per heavy atom. The van der Waals surface area contributed by atoms with E-state index in [9.17, 15) is 9.59 Å². The largest absolute Gasteiger partial charge is 0.494 e. The summed E-state index contributed by atoms with van der Waals surface area (Å²) < 4.78 is 10.1. The van der Waals surface area contributed by atoms with Crippen molar-refractivity contribution in [2.24, 2.45) is 11.7 Å². The molecule has 27 heavy (non-hydrogen) atoms. The molecule has 0 saturated carbocycles. The molecule has 0 aliphatic rings. The molecule has 3 N–H and O–H groups in total. The Hall–Kier alpha value is -2.86. The molecule has 0 aliphatic heterocycles. The Morgan fingerprint density at radius 1 is 1.07 bits per heavy atom. The molecule has 1 amide bonds. The number of benzene rings is 2. The lowest BCUT2D eigenvalue weighted by molar-refractivity contribution is -0.140. The Kier molecular flexibility index (Phi) is 7.82. The molecule has 0 aromatic heterocycles. The molecule has 2 atom stereocenters. The van der Waals surface area contributed by atoms with E-state index < -0.39 is 0 Å². The molecule has 144 valence electrons. The SMILES string of the molecule is COC(=O)CCCOc1ccc(NC(=O)C(C)C(N)c2ccccc2)cc1. The molecule has 0 radical (unpaired) electrons. The van der Waals surface area contributed by atoms with Gasteiger partial charge in [-0.15, -0.1) is 0 Å². The third-order valence-electron chi connectivity index (χ3n) is 4.28. The average Bonchev–Trinajstić information content (AvgIpc) is 2.71. The Morgan fingerprint density at radius 3 is 2.37 bits per heavy atom. The van der Waals surface area contributed by atoms with E-state index in [2.05, 4.69) is 10.1 Å². The van der Waals surface area contributed by atoms with E-state index >= 15 is 0 Å². The van der Waals surface area contributed by atoms with E-state index in [1.807, 2.05) is 37.3 Å². The molecule has 0 saturated heterocycles. The molecular weight excluding hydrogens is 344 g/mol. The summed E-state index contributed by atoms with van der Waals surface area (Å²) in [5.41, 5.74) is 7.80. The van der Waals surface area contributed by atoms with Crippen LogP contribution in [0.15, 0.2) is 54.6 Å². The van der Waals surface area contributed by atoms with E-state index in [1.165, 1.54) is 7.11 Å². The van der Waals surface area contributed by atoms with Crippen LogP contribution in [0, 0.1) is 5.92 Å². The Labute approximate surface area is 159 Å². The maximum atomic E-state index is 12.4. The fraction of sp³-hybridized carbons (Fsp3) is 0.333. The summed E-state index contributed by atoms with van der Waals surface area (Å²) in [5.74, 6) is -0.0915. The number of rotatable bonds is 9. The van der Waals surface area contributed by atoms with E-state index in [0.29, 0.717) is 30.9 Å². The zero-order valence-corrected chi connectivity index (χ0v) is 15.7. The van der Waals surface area contributed by atoms with Crippen LogP contribution in [0.3, 0.4) is 0 Å². The monoisotopic (exact) mass is 370 g/mol. The van der Waals surface area contributed by atoms with Crippen molar-refractivity contribution in [2.45, 2.75) is 25.8 Å². The van der Waals surface area contributed by atoms with Gasteiger partial charge in [0.15, 0.2) is 0 Å². The molecule has 0 spiro atoms. The van der Waals surface area contributed by atoms with Crippen molar-refractivity contribution in [3.05, 3.63) is 60.2 Å². The zero-order valence-electron chi connectivity index (χ0n) is 15.7. The molecule has 2 aromatic carbocycles. The number of nitrogens with two attached hydrogens (primary N) is 1. The van der Waals surface area contributed by atoms with Crippen LogP contribution in [0.1, 0.15) is 31.4 Å². The summed E-state index contributed by atoms with van der Waals surface area (Å²) in [7, 11) is 1.36. The van der Waals surface area contributed by atoms with Gasteiger partial charge in [0.25, 0.3) is 0 Å². The fourth-order valence-electron chi connectivity index (χ4n) is 2.53. The molecular formula is C21H26N2O4. The first-order valence-electron chi connectivity index (χ1n) is 8.92. The Balaban J connectivity index is 1.82. The summed E-state index contributed by atoms with van der Waals surface area (Å²) in [5, 5.41) is 2.87. The molecule has 0 fully saturated rings. The number of carbonyl (C=O) groups excluding carboxylic acids is 2. The second kappa shape index (κ2) is 10.3. The van der Waals surface area contributed by atoms with Gasteiger partial charge < -0.3 is 20.5 Å². The van der Waals surface area contributed by atoms with Crippen LogP contribution in [-0.4, -0.2) is 25.6 Å². The van der Waals surface area contributed by atoms with Gasteiger partial charge in [0.05, 0.1) is 19.6 Å². The minimum absolute atomic E-state index is 0.141. The predicted octanol–water partition coefficient (Wildman–Crippen LogP) is 3.29. The third kappa shape index (κ3) is 6.42. The quantitative estimate of drug-likeness (QED) is 0.522. The van der Waals surface area contributed by atoms with E-state index in [4.69, 9.17) is 10.5 Å². The van der Waals surface area contributed by atoms with Crippen molar-refractivity contribution in [3.63, 3.8) is 0 Å². The van der Waals surface area contributed by atoms with Crippen LogP contribution >= 0.6 is 0 Å². The van der Waals surface area contributed by atoms with E-state index in [0.717, 1.165) is 5.56 Å². The van der Waals surface area contributed by atoms with Crippen LogP contribution in [0.5, 0.6) is 5.75 Å². The molecule has 2 unspecified atom stereocenters. The lowest BCUT2D eigenvalue weighted by Gasteiger charge is -2.20.